The molecule has 0 nitrogen and oxygen atoms in total. The van der Waals surface area contributed by atoms with Crippen LogP contribution in [0.3, 0.4) is 0 Å². The van der Waals surface area contributed by atoms with Gasteiger partial charge in [-0.15, -0.1) is 0 Å². The van der Waals surface area contributed by atoms with E-state index in [1.807, 2.05) is 0 Å². The van der Waals surface area contributed by atoms with E-state index in [0.717, 1.165) is 5.25 Å². The van der Waals surface area contributed by atoms with Crippen molar-refractivity contribution in [1.29, 1.82) is 0 Å². The molecule has 0 aliphatic carbocycles. The largest absolute Gasteiger partial charge is 0.162 e. The van der Waals surface area contributed by atoms with Gasteiger partial charge in [-0.25, -0.2) is 0 Å². The molecule has 0 aliphatic heterocycles. The van der Waals surface area contributed by atoms with Crippen LogP contribution in [0.1, 0.15) is 59.3 Å². The van der Waals surface area contributed by atoms with Gasteiger partial charge in [-0.1, -0.05) is 40.0 Å². The van der Waals surface area contributed by atoms with Crippen LogP contribution >= 0.6 is 23.5 Å². The van der Waals surface area contributed by atoms with Crippen LogP contribution < -0.4 is 0 Å². The van der Waals surface area contributed by atoms with E-state index in [2.05, 4.69) is 44.3 Å². The van der Waals surface area contributed by atoms with Crippen molar-refractivity contribution in [2.24, 2.45) is 0 Å². The number of unbranched alkanes of at least 4 members (excludes halogenated alkanes) is 4. The quantitative estimate of drug-likeness (QED) is 0.460. The summed E-state index contributed by atoms with van der Waals surface area (Å²) in [6, 6.07) is 0. The minimum atomic E-state index is 0.814. The van der Waals surface area contributed by atoms with Crippen LogP contribution in [0.2, 0.25) is 0 Å². The molecule has 0 unspecified atom stereocenters. The second kappa shape index (κ2) is 12.8. The lowest BCUT2D eigenvalue weighted by atomic mass is 10.2. The van der Waals surface area contributed by atoms with E-state index < -0.39 is 0 Å². The monoisotopic (exact) mass is 248 g/mol. The highest BCUT2D eigenvalue weighted by molar-refractivity contribution is 7.99. The van der Waals surface area contributed by atoms with Crippen LogP contribution in [0.15, 0.2) is 0 Å². The first-order chi connectivity index (χ1) is 7.27. The third kappa shape index (κ3) is 14.7. The average molecular weight is 249 g/mol. The highest BCUT2D eigenvalue weighted by Crippen LogP contribution is 2.14. The van der Waals surface area contributed by atoms with Crippen molar-refractivity contribution >= 4 is 23.5 Å². The maximum Gasteiger partial charge on any atom is -0.000968 e. The molecule has 0 amide bonds. The predicted molar refractivity (Wildman–Crippen MR) is 78.3 cm³/mol. The fourth-order valence-electron chi connectivity index (χ4n) is 1.33. The molecule has 0 radical (unpaired) electrons. The molecule has 2 heteroatoms. The van der Waals surface area contributed by atoms with Gasteiger partial charge < -0.3 is 0 Å². The zero-order valence-corrected chi connectivity index (χ0v) is 12.4. The predicted octanol–water partition coefficient (Wildman–Crippen LogP) is 5.22. The van der Waals surface area contributed by atoms with E-state index in [9.17, 15) is 0 Å². The Morgan fingerprint density at radius 3 is 2.00 bits per heavy atom. The molecule has 0 heterocycles. The van der Waals surface area contributed by atoms with Crippen molar-refractivity contribution in [3.8, 4) is 0 Å². The Morgan fingerprint density at radius 2 is 1.40 bits per heavy atom. The molecule has 0 saturated heterocycles. The third-order valence-electron chi connectivity index (χ3n) is 2.28. The van der Waals surface area contributed by atoms with Crippen LogP contribution in [0.4, 0.5) is 0 Å². The van der Waals surface area contributed by atoms with E-state index in [0.29, 0.717) is 0 Å². The molecule has 0 saturated carbocycles. The Balaban J connectivity index is 2.87. The first kappa shape index (κ1) is 15.7. The molecular formula is C13H28S2. The van der Waals surface area contributed by atoms with Gasteiger partial charge in [0.15, 0.2) is 0 Å². The zero-order valence-electron chi connectivity index (χ0n) is 10.8. The topological polar surface area (TPSA) is 0 Å². The maximum atomic E-state index is 2.29. The molecule has 0 aromatic rings. The summed E-state index contributed by atoms with van der Waals surface area (Å²) < 4.78 is 0. The van der Waals surface area contributed by atoms with Crippen LogP contribution in [0.25, 0.3) is 0 Å². The lowest BCUT2D eigenvalue weighted by Crippen LogP contribution is -1.90. The third-order valence-corrected chi connectivity index (χ3v) is 4.62. The Hall–Kier alpha value is 0.700. The lowest BCUT2D eigenvalue weighted by molar-refractivity contribution is 0.710. The van der Waals surface area contributed by atoms with Gasteiger partial charge in [0, 0.05) is 0 Å². The van der Waals surface area contributed by atoms with Crippen LogP contribution in [-0.2, 0) is 0 Å². The number of thioether (sulfide) groups is 2. The van der Waals surface area contributed by atoms with Crippen LogP contribution in [0, 0.1) is 0 Å². The van der Waals surface area contributed by atoms with E-state index in [1.54, 1.807) is 0 Å². The summed E-state index contributed by atoms with van der Waals surface area (Å²) in [5.41, 5.74) is 0. The van der Waals surface area contributed by atoms with Gasteiger partial charge in [-0.05, 0) is 41.8 Å². The Morgan fingerprint density at radius 1 is 0.800 bits per heavy atom. The highest BCUT2D eigenvalue weighted by Gasteiger charge is 1.95. The maximum absolute atomic E-state index is 2.29. The summed E-state index contributed by atoms with van der Waals surface area (Å²) in [5, 5.41) is 0.814. The first-order valence-electron chi connectivity index (χ1n) is 6.46. The molecule has 0 atom stereocenters. The van der Waals surface area contributed by atoms with E-state index in [4.69, 9.17) is 0 Å². The van der Waals surface area contributed by atoms with E-state index >= 15 is 0 Å². The van der Waals surface area contributed by atoms with Crippen molar-refractivity contribution in [3.05, 3.63) is 0 Å². The smallest absolute Gasteiger partial charge is 0.000968 e. The minimum Gasteiger partial charge on any atom is -0.162 e. The van der Waals surface area contributed by atoms with Gasteiger partial charge in [0.1, 0.15) is 0 Å². The molecule has 15 heavy (non-hydrogen) atoms. The standard InChI is InChI=1S/C13H28S2/c1-4-5-10-14-11-8-6-7-9-12-15-13(2)3/h13H,4-12H2,1-3H3. The Labute approximate surface area is 105 Å². The number of hydrogen-bond donors (Lipinski definition) is 0. The summed E-state index contributed by atoms with van der Waals surface area (Å²) in [7, 11) is 0. The van der Waals surface area contributed by atoms with Crippen molar-refractivity contribution < 1.29 is 0 Å². The van der Waals surface area contributed by atoms with Crippen molar-refractivity contribution in [3.63, 3.8) is 0 Å². The summed E-state index contributed by atoms with van der Waals surface area (Å²) in [6.07, 6.45) is 8.48. The SMILES string of the molecule is CCCCSCCCCCCSC(C)C. The summed E-state index contributed by atoms with van der Waals surface area (Å²) in [4.78, 5) is 0. The van der Waals surface area contributed by atoms with E-state index in [1.165, 1.54) is 55.8 Å². The highest BCUT2D eigenvalue weighted by atomic mass is 32.2. The number of hydrogen-bond acceptors (Lipinski definition) is 2. The zero-order chi connectivity index (χ0) is 11.4. The van der Waals surface area contributed by atoms with E-state index in [-0.39, 0.29) is 0 Å². The second-order valence-corrected chi connectivity index (χ2v) is 7.21. The second-order valence-electron chi connectivity index (χ2n) is 4.30. The average Bonchev–Trinajstić information content (AvgIpc) is 2.20. The van der Waals surface area contributed by atoms with Crippen LogP contribution in [-0.4, -0.2) is 22.5 Å². The molecule has 0 rings (SSSR count). The van der Waals surface area contributed by atoms with Crippen molar-refractivity contribution in [2.75, 3.05) is 17.3 Å². The summed E-state index contributed by atoms with van der Waals surface area (Å²) in [5.74, 6) is 4.12. The molecule has 92 valence electrons. The van der Waals surface area contributed by atoms with Gasteiger partial charge in [0.05, 0.1) is 0 Å². The molecule has 0 fully saturated rings. The van der Waals surface area contributed by atoms with Crippen molar-refractivity contribution in [1.82, 2.24) is 0 Å². The molecule has 0 aliphatic rings. The molecule has 0 N–H and O–H groups in total. The van der Waals surface area contributed by atoms with Gasteiger partial charge in [0.25, 0.3) is 0 Å². The fraction of sp³-hybridized carbons (Fsp3) is 1.00. The normalized spacial score (nSPS) is 11.2. The van der Waals surface area contributed by atoms with Gasteiger partial charge >= 0.3 is 0 Å². The molecule has 0 spiro atoms. The van der Waals surface area contributed by atoms with Crippen LogP contribution in [0.5, 0.6) is 0 Å². The van der Waals surface area contributed by atoms with Gasteiger partial charge in [-0.3, -0.25) is 0 Å². The van der Waals surface area contributed by atoms with Crippen molar-refractivity contribution in [2.45, 2.75) is 64.5 Å². The molecule has 0 bridgehead atoms. The number of rotatable bonds is 11. The lowest BCUT2D eigenvalue weighted by Gasteiger charge is -2.04. The molecule has 0 aromatic carbocycles. The Kier molecular flexibility index (Phi) is 13.4. The summed E-state index contributed by atoms with van der Waals surface area (Å²) in [6.45, 7) is 6.84. The Bertz CT molecular complexity index is 113. The molecule has 0 aromatic heterocycles. The minimum absolute atomic E-state index is 0.814. The molecular weight excluding hydrogens is 220 g/mol. The van der Waals surface area contributed by atoms with Gasteiger partial charge in [-0.2, -0.15) is 23.5 Å². The summed E-state index contributed by atoms with van der Waals surface area (Å²) >= 11 is 4.24. The fourth-order valence-corrected chi connectivity index (χ4v) is 3.27. The van der Waals surface area contributed by atoms with Gasteiger partial charge in [0.2, 0.25) is 0 Å². The first-order valence-corrected chi connectivity index (χ1v) is 8.67.